The molecule has 0 saturated heterocycles. The first-order valence-corrected chi connectivity index (χ1v) is 49.6. The number of hydrogen-bond donors (Lipinski definition) is 8. The summed E-state index contributed by atoms with van der Waals surface area (Å²) in [6, 6.07) is 176. The molecule has 0 spiro atoms. The molecule has 0 aromatic heterocycles. The quantitative estimate of drug-likeness (QED) is 0.0246. The Labute approximate surface area is 882 Å². The first-order chi connectivity index (χ1) is 71.2. The van der Waals surface area contributed by atoms with Crippen LogP contribution < -0.4 is 21.3 Å². The van der Waals surface area contributed by atoms with Crippen molar-refractivity contribution in [2.45, 2.75) is 50.3 Å². The van der Waals surface area contributed by atoms with Crippen LogP contribution in [0.15, 0.2) is 510 Å². The van der Waals surface area contributed by atoms with Crippen molar-refractivity contribution in [3.05, 3.63) is 554 Å². The van der Waals surface area contributed by atoms with Crippen LogP contribution in [0.2, 0.25) is 0 Å². The van der Waals surface area contributed by atoms with Gasteiger partial charge in [-0.1, -0.05) is 485 Å². The average molecular weight is 2010 g/mol. The minimum absolute atomic E-state index is 0. The maximum absolute atomic E-state index is 12.9. The van der Waals surface area contributed by atoms with Gasteiger partial charge in [-0.25, -0.2) is 0 Å². The van der Waals surface area contributed by atoms with E-state index in [9.17, 15) is 20.4 Å². The second-order valence-electron chi connectivity index (χ2n) is 37.3. The van der Waals surface area contributed by atoms with E-state index in [1.807, 2.05) is 48.5 Å². The van der Waals surface area contributed by atoms with Gasteiger partial charge in [0.15, 0.2) is 0 Å². The summed E-state index contributed by atoms with van der Waals surface area (Å²) in [7, 11) is 0. The average Bonchev–Trinajstić information content (AvgIpc) is 0.751. The summed E-state index contributed by atoms with van der Waals surface area (Å²) in [5.41, 5.74) is 23.4. The topological polar surface area (TPSA) is 192 Å². The molecule has 24 rings (SSSR count). The monoisotopic (exact) mass is 2000 g/mol. The molecule has 24 aromatic carbocycles. The van der Waals surface area contributed by atoms with Crippen LogP contribution in [0.4, 0.5) is 0 Å². The van der Waals surface area contributed by atoms with E-state index in [0.717, 1.165) is 220 Å². The molecule has 0 amide bonds. The van der Waals surface area contributed by atoms with Crippen molar-refractivity contribution < 1.29 is 65.5 Å². The van der Waals surface area contributed by atoms with Crippen LogP contribution in [0.25, 0.3) is 175 Å². The van der Waals surface area contributed by atoms with Crippen molar-refractivity contribution in [1.82, 2.24) is 21.3 Å². The molecule has 724 valence electrons. The summed E-state index contributed by atoms with van der Waals surface area (Å²) in [6.45, 7) is 1.48. The van der Waals surface area contributed by atoms with E-state index in [1.165, 1.54) is 0 Å². The molecule has 24 aromatic rings. The number of fused-ring (bicyclic) bond motifs is 8. The Morgan fingerprint density at radius 1 is 0.155 bits per heavy atom. The summed E-state index contributed by atoms with van der Waals surface area (Å²) in [4.78, 5) is 0. The van der Waals surface area contributed by atoms with Gasteiger partial charge in [-0.05, 0) is 177 Å². The zero-order chi connectivity index (χ0) is 96.8. The van der Waals surface area contributed by atoms with Gasteiger partial charge in [0.2, 0.25) is 0 Å². The van der Waals surface area contributed by atoms with Gasteiger partial charge in [-0.2, -0.15) is 0 Å². The third-order valence-corrected chi connectivity index (χ3v) is 28.8. The van der Waals surface area contributed by atoms with Crippen molar-refractivity contribution in [2.24, 2.45) is 0 Å². The summed E-state index contributed by atoms with van der Waals surface area (Å²) in [6.07, 6.45) is 0. The van der Waals surface area contributed by atoms with Crippen molar-refractivity contribution in [2.75, 3.05) is 0 Å². The molecule has 148 heavy (non-hydrogen) atoms. The summed E-state index contributed by atoms with van der Waals surface area (Å²) in [5.74, 6) is 1.01. The van der Waals surface area contributed by atoms with Crippen LogP contribution in [0, 0.1) is 0 Å². The maximum Gasteiger partial charge on any atom is 0.128 e. The summed E-state index contributed by atoms with van der Waals surface area (Å²) >= 11 is 0. The molecule has 0 heterocycles. The Balaban J connectivity index is 0.000000181. The fraction of sp³-hybridized carbons (Fsp3) is 0.0588. The zero-order valence-electron chi connectivity index (χ0n) is 81.1. The molecule has 4 atom stereocenters. The minimum Gasteiger partial charge on any atom is -0.507 e. The van der Waals surface area contributed by atoms with Gasteiger partial charge in [-0.15, -0.1) is 0 Å². The third kappa shape index (κ3) is 19.9. The molecule has 12 N–H and O–H groups in total. The molecular weight excluding hydrogens is 1900 g/mol. The van der Waals surface area contributed by atoms with Crippen molar-refractivity contribution in [3.8, 4) is 112 Å². The molecule has 0 aliphatic carbocycles. The normalized spacial score (nSPS) is 12.1. The first-order valence-electron chi connectivity index (χ1n) is 49.6. The van der Waals surface area contributed by atoms with E-state index >= 15 is 0 Å². The fourth-order valence-electron chi connectivity index (χ4n) is 22.0. The predicted octanol–water partition coefficient (Wildman–Crippen LogP) is 31.8. The number of phenolic OH excluding ortho intramolecular Hbond substituents is 4. The smallest absolute Gasteiger partial charge is 0.128 e. The van der Waals surface area contributed by atoms with E-state index in [0.29, 0.717) is 26.2 Å². The standard InChI is InChI=1S/2C68H52N2O2.2Fe.2H2O/c2*71-67-53(41-51-31-15-19-35-57(51)63(67)61-55-33-17-13-25-47(55)37-39-59(61)45-21-5-1-6-22-45)43-69-65(49-27-9-3-10-28-49)66(50-29-11-4-12-30-50)70-44-54-42-52-32-16-20-36-58(52)64(68(54)72)62-56-34-18-14-26-48(56)38-40-60(62)46-23-7-2-8-24-46;;;;/h2*1-42,65-66,69-72H,43-44H2;;;2*1H2/t2*65-,66-;;;;/m11..../s1. The van der Waals surface area contributed by atoms with Crippen LogP contribution in [0.5, 0.6) is 23.0 Å². The van der Waals surface area contributed by atoms with Crippen molar-refractivity contribution in [1.29, 1.82) is 0 Å². The molecule has 0 radical (unpaired) electrons. The van der Waals surface area contributed by atoms with Crippen LogP contribution in [-0.2, 0) is 60.3 Å². The molecule has 12 heteroatoms. The van der Waals surface area contributed by atoms with Gasteiger partial charge in [0.1, 0.15) is 23.0 Å². The van der Waals surface area contributed by atoms with Gasteiger partial charge in [-0.3, -0.25) is 0 Å². The third-order valence-electron chi connectivity index (χ3n) is 28.8. The van der Waals surface area contributed by atoms with Gasteiger partial charge in [0.25, 0.3) is 0 Å². The molecular formula is C136H108Fe2N4O6. The van der Waals surface area contributed by atoms with E-state index < -0.39 is 0 Å². The Hall–Kier alpha value is -16.6. The van der Waals surface area contributed by atoms with Crippen LogP contribution in [0.1, 0.15) is 68.7 Å². The molecule has 0 unspecified atom stereocenters. The van der Waals surface area contributed by atoms with Gasteiger partial charge < -0.3 is 52.6 Å². The maximum atomic E-state index is 12.9. The molecule has 0 saturated carbocycles. The Morgan fingerprint density at radius 3 is 0.486 bits per heavy atom. The van der Waals surface area contributed by atoms with Crippen molar-refractivity contribution >= 4 is 86.2 Å². The molecule has 0 bridgehead atoms. The van der Waals surface area contributed by atoms with Crippen LogP contribution in [0.3, 0.4) is 0 Å². The molecule has 10 nitrogen and oxygen atoms in total. The SMILES string of the molecule is O.O.Oc1c(CN[C@H](c2ccccc2)[C@H](NCc2cc3ccccc3c(-c3c(-c4ccccc4)ccc4ccccc34)c2O)c2ccccc2)cc2ccccc2c1-c1c(-c2ccccc2)ccc2ccccc12.Oc1c(CN[C@H](c2ccccc2)[C@H](NCc2cc3ccccc3c(-c3c(-c4ccccc4)ccc4ccccc34)c2O)c2ccccc2)cc2ccccc2c1-c1c(-c2ccccc2)ccc2ccccc12.[Fe].[Fe]. The largest absolute Gasteiger partial charge is 0.507 e. The number of hydrogen-bond acceptors (Lipinski definition) is 8. The Bertz CT molecular complexity index is 7810. The zero-order valence-corrected chi connectivity index (χ0v) is 83.3. The Morgan fingerprint density at radius 2 is 0.304 bits per heavy atom. The van der Waals surface area contributed by atoms with E-state index in [4.69, 9.17) is 0 Å². The summed E-state index contributed by atoms with van der Waals surface area (Å²) in [5, 5.41) is 84.4. The van der Waals surface area contributed by atoms with Gasteiger partial charge in [0.05, 0.1) is 24.2 Å². The molecule has 0 fully saturated rings. The number of phenols is 4. The fourth-order valence-corrected chi connectivity index (χ4v) is 22.0. The number of benzene rings is 24. The van der Waals surface area contributed by atoms with E-state index in [2.05, 4.69) is 482 Å². The van der Waals surface area contributed by atoms with E-state index in [-0.39, 0.29) is 92.3 Å². The van der Waals surface area contributed by atoms with Crippen molar-refractivity contribution in [3.63, 3.8) is 0 Å². The Kier molecular flexibility index (Phi) is 30.7. The van der Waals surface area contributed by atoms with Gasteiger partial charge >= 0.3 is 0 Å². The van der Waals surface area contributed by atoms with Gasteiger partial charge in [0, 0.05) is 127 Å². The number of aromatic hydroxyl groups is 4. The van der Waals surface area contributed by atoms with Crippen LogP contribution >= 0.6 is 0 Å². The number of nitrogens with one attached hydrogen (secondary N) is 4. The van der Waals surface area contributed by atoms with Crippen LogP contribution in [-0.4, -0.2) is 31.4 Å². The molecule has 0 aliphatic heterocycles. The number of rotatable bonds is 26. The second kappa shape index (κ2) is 45.3. The second-order valence-corrected chi connectivity index (χ2v) is 37.3. The summed E-state index contributed by atoms with van der Waals surface area (Å²) < 4.78 is 0. The first kappa shape index (κ1) is 100. The predicted molar refractivity (Wildman–Crippen MR) is 607 cm³/mol. The van der Waals surface area contributed by atoms with E-state index in [1.54, 1.807) is 0 Å². The molecule has 0 aliphatic rings. The minimum atomic E-state index is -0.273.